The summed E-state index contributed by atoms with van der Waals surface area (Å²) >= 11 is 0. The number of hydrogen-bond acceptors (Lipinski definition) is 4. The van der Waals surface area contributed by atoms with Crippen molar-refractivity contribution in [3.8, 4) is 5.75 Å². The number of furan rings is 2. The second-order valence-corrected chi connectivity index (χ2v) is 4.64. The SMILES string of the molecule is COc1cccc2cc(C=CC(=O)c3ccc(C)o3)oc12. The fourth-order valence-electron chi connectivity index (χ4n) is 2.11. The predicted molar refractivity (Wildman–Crippen MR) is 79.6 cm³/mol. The monoisotopic (exact) mass is 282 g/mol. The molecule has 3 rings (SSSR count). The molecule has 0 aliphatic rings. The summed E-state index contributed by atoms with van der Waals surface area (Å²) in [4.78, 5) is 11.9. The van der Waals surface area contributed by atoms with Crippen LogP contribution in [0.25, 0.3) is 17.0 Å². The molecule has 0 bridgehead atoms. The van der Waals surface area contributed by atoms with Gasteiger partial charge in [0, 0.05) is 5.39 Å². The molecule has 0 fully saturated rings. The van der Waals surface area contributed by atoms with E-state index in [1.165, 1.54) is 6.08 Å². The molecular weight excluding hydrogens is 268 g/mol. The van der Waals surface area contributed by atoms with Gasteiger partial charge in [0.05, 0.1) is 7.11 Å². The number of benzene rings is 1. The summed E-state index contributed by atoms with van der Waals surface area (Å²) in [5.74, 6) is 2.08. The molecule has 2 aromatic heterocycles. The number of methoxy groups -OCH3 is 1. The topological polar surface area (TPSA) is 52.6 Å². The largest absolute Gasteiger partial charge is 0.493 e. The van der Waals surface area contributed by atoms with Crippen molar-refractivity contribution in [1.29, 1.82) is 0 Å². The Morgan fingerprint density at radius 2 is 2.05 bits per heavy atom. The van der Waals surface area contributed by atoms with Crippen molar-refractivity contribution in [2.75, 3.05) is 7.11 Å². The van der Waals surface area contributed by atoms with Gasteiger partial charge in [-0.3, -0.25) is 4.79 Å². The van der Waals surface area contributed by atoms with Crippen molar-refractivity contribution in [2.45, 2.75) is 6.92 Å². The zero-order valence-electron chi connectivity index (χ0n) is 11.8. The first-order chi connectivity index (χ1) is 10.2. The van der Waals surface area contributed by atoms with E-state index in [2.05, 4.69) is 0 Å². The minimum Gasteiger partial charge on any atom is -0.493 e. The number of ether oxygens (including phenoxy) is 1. The van der Waals surface area contributed by atoms with E-state index < -0.39 is 0 Å². The van der Waals surface area contributed by atoms with Crippen molar-refractivity contribution < 1.29 is 18.4 Å². The highest BCUT2D eigenvalue weighted by atomic mass is 16.5. The van der Waals surface area contributed by atoms with E-state index in [9.17, 15) is 4.79 Å². The molecule has 0 atom stereocenters. The molecule has 3 aromatic rings. The number of aryl methyl sites for hydroxylation is 1. The van der Waals surface area contributed by atoms with Crippen LogP contribution in [0, 0.1) is 6.92 Å². The molecule has 0 aliphatic heterocycles. The molecule has 1 aromatic carbocycles. The van der Waals surface area contributed by atoms with Crippen molar-refractivity contribution in [3.05, 3.63) is 59.8 Å². The number of fused-ring (bicyclic) bond motifs is 1. The van der Waals surface area contributed by atoms with Crippen LogP contribution < -0.4 is 4.74 Å². The van der Waals surface area contributed by atoms with Crippen LogP contribution in [-0.4, -0.2) is 12.9 Å². The Hall–Kier alpha value is -2.75. The summed E-state index contributed by atoms with van der Waals surface area (Å²) in [6.07, 6.45) is 3.06. The Bertz CT molecular complexity index is 820. The summed E-state index contributed by atoms with van der Waals surface area (Å²) in [6.45, 7) is 1.80. The maximum absolute atomic E-state index is 11.9. The van der Waals surface area contributed by atoms with Crippen LogP contribution >= 0.6 is 0 Å². The van der Waals surface area contributed by atoms with Crippen molar-refractivity contribution in [3.63, 3.8) is 0 Å². The molecule has 0 saturated heterocycles. The van der Waals surface area contributed by atoms with Crippen LogP contribution in [0.5, 0.6) is 5.75 Å². The fraction of sp³-hybridized carbons (Fsp3) is 0.118. The van der Waals surface area contributed by atoms with E-state index in [0.717, 1.165) is 5.39 Å². The highest BCUT2D eigenvalue weighted by Crippen LogP contribution is 2.28. The molecule has 0 N–H and O–H groups in total. The zero-order chi connectivity index (χ0) is 14.8. The molecule has 0 saturated carbocycles. The van der Waals surface area contributed by atoms with Gasteiger partial charge in [-0.25, -0.2) is 0 Å². The Balaban J connectivity index is 1.88. The number of hydrogen-bond donors (Lipinski definition) is 0. The molecule has 0 spiro atoms. The third kappa shape index (κ3) is 2.60. The number of allylic oxidation sites excluding steroid dienone is 1. The van der Waals surface area contributed by atoms with Crippen LogP contribution in [0.2, 0.25) is 0 Å². The minimum atomic E-state index is -0.199. The molecule has 2 heterocycles. The molecule has 106 valence electrons. The first-order valence-electron chi connectivity index (χ1n) is 6.53. The van der Waals surface area contributed by atoms with Gasteiger partial charge >= 0.3 is 0 Å². The van der Waals surface area contributed by atoms with E-state index in [1.54, 1.807) is 32.2 Å². The number of rotatable bonds is 4. The highest BCUT2D eigenvalue weighted by molar-refractivity contribution is 6.05. The van der Waals surface area contributed by atoms with E-state index in [-0.39, 0.29) is 5.78 Å². The van der Waals surface area contributed by atoms with Gasteiger partial charge in [0.1, 0.15) is 11.5 Å². The smallest absolute Gasteiger partial charge is 0.221 e. The van der Waals surface area contributed by atoms with Gasteiger partial charge in [0.15, 0.2) is 17.1 Å². The zero-order valence-corrected chi connectivity index (χ0v) is 11.8. The maximum Gasteiger partial charge on any atom is 0.221 e. The molecular formula is C17H14O4. The van der Waals surface area contributed by atoms with Crippen LogP contribution in [-0.2, 0) is 0 Å². The Kier molecular flexibility index (Phi) is 3.36. The Labute approximate surface area is 121 Å². The molecule has 0 aliphatic carbocycles. The van der Waals surface area contributed by atoms with E-state index in [0.29, 0.717) is 28.6 Å². The third-order valence-corrected chi connectivity index (χ3v) is 3.13. The first kappa shape index (κ1) is 13.2. The van der Waals surface area contributed by atoms with Gasteiger partial charge in [-0.1, -0.05) is 12.1 Å². The minimum absolute atomic E-state index is 0.199. The average Bonchev–Trinajstić information content (AvgIpc) is 3.10. The number of ketones is 1. The molecule has 0 unspecified atom stereocenters. The van der Waals surface area contributed by atoms with Crippen LogP contribution in [0.3, 0.4) is 0 Å². The lowest BCUT2D eigenvalue weighted by atomic mass is 10.2. The normalized spacial score (nSPS) is 11.3. The lowest BCUT2D eigenvalue weighted by Crippen LogP contribution is -1.90. The molecule has 4 nitrogen and oxygen atoms in total. The quantitative estimate of drug-likeness (QED) is 0.530. The first-order valence-corrected chi connectivity index (χ1v) is 6.53. The number of carbonyl (C=O) groups excluding carboxylic acids is 1. The van der Waals surface area contributed by atoms with Crippen LogP contribution in [0.15, 0.2) is 51.3 Å². The van der Waals surface area contributed by atoms with Gasteiger partial charge in [-0.2, -0.15) is 0 Å². The maximum atomic E-state index is 11.9. The summed E-state index contributed by atoms with van der Waals surface area (Å²) in [6, 6.07) is 10.9. The van der Waals surface area contributed by atoms with Gasteiger partial charge in [0.25, 0.3) is 0 Å². The van der Waals surface area contributed by atoms with Crippen LogP contribution in [0.1, 0.15) is 22.1 Å². The van der Waals surface area contributed by atoms with Gasteiger partial charge < -0.3 is 13.6 Å². The lowest BCUT2D eigenvalue weighted by Gasteiger charge is -1.98. The second-order valence-electron chi connectivity index (χ2n) is 4.64. The highest BCUT2D eigenvalue weighted by Gasteiger charge is 2.09. The molecule has 0 amide bonds. The Morgan fingerprint density at radius 1 is 1.19 bits per heavy atom. The second kappa shape index (κ2) is 5.32. The third-order valence-electron chi connectivity index (χ3n) is 3.13. The predicted octanol–water partition coefficient (Wildman–Crippen LogP) is 4.24. The van der Waals surface area contributed by atoms with Gasteiger partial charge in [-0.15, -0.1) is 0 Å². The number of para-hydroxylation sites is 1. The van der Waals surface area contributed by atoms with Crippen molar-refractivity contribution >= 4 is 22.8 Å². The lowest BCUT2D eigenvalue weighted by molar-refractivity contribution is 0.102. The summed E-state index contributed by atoms with van der Waals surface area (Å²) in [5.41, 5.74) is 0.668. The van der Waals surface area contributed by atoms with Gasteiger partial charge in [-0.05, 0) is 43.3 Å². The average molecular weight is 282 g/mol. The molecule has 0 radical (unpaired) electrons. The fourth-order valence-corrected chi connectivity index (χ4v) is 2.11. The number of carbonyl (C=O) groups is 1. The van der Waals surface area contributed by atoms with E-state index in [1.807, 2.05) is 24.3 Å². The van der Waals surface area contributed by atoms with E-state index >= 15 is 0 Å². The Morgan fingerprint density at radius 3 is 2.76 bits per heavy atom. The summed E-state index contributed by atoms with van der Waals surface area (Å²) < 4.78 is 16.2. The van der Waals surface area contributed by atoms with Crippen LogP contribution in [0.4, 0.5) is 0 Å². The standard InChI is InChI=1S/C17H14O4/c1-11-6-9-15(20-11)14(18)8-7-13-10-12-4-3-5-16(19-2)17(12)21-13/h3-10H,1-2H3. The van der Waals surface area contributed by atoms with Crippen molar-refractivity contribution in [2.24, 2.45) is 0 Å². The molecule has 21 heavy (non-hydrogen) atoms. The van der Waals surface area contributed by atoms with Gasteiger partial charge in [0.2, 0.25) is 5.78 Å². The summed E-state index contributed by atoms with van der Waals surface area (Å²) in [5, 5.41) is 0.926. The van der Waals surface area contributed by atoms with E-state index in [4.69, 9.17) is 13.6 Å². The van der Waals surface area contributed by atoms with Crippen molar-refractivity contribution in [1.82, 2.24) is 0 Å². The molecule has 4 heteroatoms. The summed E-state index contributed by atoms with van der Waals surface area (Å²) in [7, 11) is 1.59.